The van der Waals surface area contributed by atoms with Crippen molar-refractivity contribution >= 4 is 33.2 Å². The summed E-state index contributed by atoms with van der Waals surface area (Å²) in [4.78, 5) is 16.4. The summed E-state index contributed by atoms with van der Waals surface area (Å²) in [5.74, 6) is 0.173. The van der Waals surface area contributed by atoms with E-state index < -0.39 is 0 Å². The lowest BCUT2D eigenvalue weighted by Crippen LogP contribution is -2.27. The Morgan fingerprint density at radius 2 is 2.32 bits per heavy atom. The van der Waals surface area contributed by atoms with Gasteiger partial charge in [-0.15, -0.1) is 11.3 Å². The molecule has 0 aliphatic carbocycles. The van der Waals surface area contributed by atoms with Crippen LogP contribution in [-0.2, 0) is 0 Å². The van der Waals surface area contributed by atoms with Gasteiger partial charge in [-0.3, -0.25) is 4.79 Å². The van der Waals surface area contributed by atoms with Crippen molar-refractivity contribution in [1.82, 2.24) is 10.3 Å². The topological polar surface area (TPSA) is 42.0 Å². The molecule has 0 aliphatic rings. The minimum Gasteiger partial charge on any atom is -0.351 e. The van der Waals surface area contributed by atoms with Gasteiger partial charge in [-0.2, -0.15) is 0 Å². The summed E-state index contributed by atoms with van der Waals surface area (Å²) in [5, 5.41) is 5.95. The first-order valence-electron chi connectivity index (χ1n) is 6.01. The fourth-order valence-corrected chi connectivity index (χ4v) is 2.84. The van der Waals surface area contributed by atoms with Crippen molar-refractivity contribution in [3.8, 4) is 0 Å². The molecule has 1 aromatic heterocycles. The number of carbonyl (C=O) groups excluding carboxylic acids is 1. The van der Waals surface area contributed by atoms with Gasteiger partial charge < -0.3 is 5.32 Å². The molecule has 0 aliphatic heterocycles. The predicted octanol–water partition coefficient (Wildman–Crippen LogP) is 3.75. The first kappa shape index (κ1) is 14.2. The number of nitrogens with one attached hydrogen (secondary N) is 1. The number of hydrogen-bond acceptors (Lipinski definition) is 3. The molecule has 0 radical (unpaired) electrons. The molecule has 2 rings (SSSR count). The van der Waals surface area contributed by atoms with E-state index in [1.165, 1.54) is 0 Å². The van der Waals surface area contributed by atoms with Gasteiger partial charge in [-0.25, -0.2) is 4.98 Å². The van der Waals surface area contributed by atoms with Crippen molar-refractivity contribution in [2.24, 2.45) is 0 Å². The fraction of sp³-hybridized carbons (Fsp3) is 0.286. The van der Waals surface area contributed by atoms with Crippen LogP contribution in [0, 0.1) is 6.92 Å². The maximum atomic E-state index is 12.1. The molecule has 1 unspecified atom stereocenters. The van der Waals surface area contributed by atoms with Gasteiger partial charge in [0.05, 0.1) is 10.6 Å². The Kier molecular flexibility index (Phi) is 4.71. The van der Waals surface area contributed by atoms with Crippen molar-refractivity contribution in [2.75, 3.05) is 6.54 Å². The first-order valence-corrected chi connectivity index (χ1v) is 7.69. The fourth-order valence-electron chi connectivity index (χ4n) is 1.72. The third-order valence-electron chi connectivity index (χ3n) is 2.81. The molecule has 1 atom stereocenters. The number of benzene rings is 1. The van der Waals surface area contributed by atoms with Gasteiger partial charge in [-0.1, -0.05) is 18.6 Å². The molecule has 0 bridgehead atoms. The summed E-state index contributed by atoms with van der Waals surface area (Å²) < 4.78 is 0.817. The van der Waals surface area contributed by atoms with Crippen LogP contribution in [0.3, 0.4) is 0 Å². The summed E-state index contributed by atoms with van der Waals surface area (Å²) in [7, 11) is 0. The van der Waals surface area contributed by atoms with E-state index in [4.69, 9.17) is 0 Å². The second-order valence-electron chi connectivity index (χ2n) is 4.46. The second-order valence-corrected chi connectivity index (χ2v) is 6.25. The number of carbonyl (C=O) groups is 1. The standard InChI is InChI=1S/C14H15BrN2OS/c1-9-3-4-12(15)11(7-9)13(18)17-8-10(2)14-16-5-6-19-14/h3-7,10H,8H2,1-2H3,(H,17,18). The number of halogens is 1. The molecule has 3 nitrogen and oxygen atoms in total. The van der Waals surface area contributed by atoms with Crippen LogP contribution in [0.25, 0.3) is 0 Å². The molecule has 0 spiro atoms. The average molecular weight is 339 g/mol. The van der Waals surface area contributed by atoms with Gasteiger partial charge in [-0.05, 0) is 35.0 Å². The lowest BCUT2D eigenvalue weighted by Gasteiger charge is -2.11. The number of rotatable bonds is 4. The highest BCUT2D eigenvalue weighted by Gasteiger charge is 2.13. The molecule has 0 saturated carbocycles. The summed E-state index contributed by atoms with van der Waals surface area (Å²) in [6, 6.07) is 5.75. The number of thiazole rings is 1. The summed E-state index contributed by atoms with van der Waals surface area (Å²) >= 11 is 5.02. The zero-order chi connectivity index (χ0) is 13.8. The molecule has 100 valence electrons. The summed E-state index contributed by atoms with van der Waals surface area (Å²) in [5.41, 5.74) is 1.74. The van der Waals surface area contributed by atoms with Crippen LogP contribution in [0.5, 0.6) is 0 Å². The Bertz CT molecular complexity index is 569. The number of amides is 1. The highest BCUT2D eigenvalue weighted by molar-refractivity contribution is 9.10. The normalized spacial score (nSPS) is 12.2. The van der Waals surface area contributed by atoms with Crippen LogP contribution in [-0.4, -0.2) is 17.4 Å². The summed E-state index contributed by atoms with van der Waals surface area (Å²) in [6.45, 7) is 4.62. The Morgan fingerprint density at radius 3 is 3.00 bits per heavy atom. The number of nitrogens with zero attached hydrogens (tertiary/aromatic N) is 1. The number of aryl methyl sites for hydroxylation is 1. The van der Waals surface area contributed by atoms with E-state index >= 15 is 0 Å². The van der Waals surface area contributed by atoms with Gasteiger partial charge in [0.2, 0.25) is 0 Å². The van der Waals surface area contributed by atoms with Crippen LogP contribution in [0.1, 0.15) is 33.8 Å². The van der Waals surface area contributed by atoms with Gasteiger partial charge in [0, 0.05) is 28.5 Å². The van der Waals surface area contributed by atoms with Gasteiger partial charge in [0.25, 0.3) is 5.91 Å². The Hall–Kier alpha value is -1.20. The van der Waals surface area contributed by atoms with Crippen molar-refractivity contribution in [2.45, 2.75) is 19.8 Å². The number of aromatic nitrogens is 1. The molecule has 1 amide bonds. The lowest BCUT2D eigenvalue weighted by atomic mass is 10.1. The number of hydrogen-bond donors (Lipinski definition) is 1. The van der Waals surface area contributed by atoms with Crippen molar-refractivity contribution < 1.29 is 4.79 Å². The summed E-state index contributed by atoms with van der Waals surface area (Å²) in [6.07, 6.45) is 1.79. The SMILES string of the molecule is Cc1ccc(Br)c(C(=O)NCC(C)c2nccs2)c1. The Labute approximate surface area is 125 Å². The van der Waals surface area contributed by atoms with E-state index in [-0.39, 0.29) is 11.8 Å². The molecule has 1 N–H and O–H groups in total. The van der Waals surface area contributed by atoms with Crippen molar-refractivity contribution in [3.05, 3.63) is 50.4 Å². The van der Waals surface area contributed by atoms with E-state index in [9.17, 15) is 4.79 Å². The second kappa shape index (κ2) is 6.30. The van der Waals surface area contributed by atoms with Gasteiger partial charge >= 0.3 is 0 Å². The van der Waals surface area contributed by atoms with Crippen LogP contribution in [0.2, 0.25) is 0 Å². The molecule has 0 fully saturated rings. The molecule has 19 heavy (non-hydrogen) atoms. The first-order chi connectivity index (χ1) is 9.08. The van der Waals surface area contributed by atoms with Crippen LogP contribution in [0.4, 0.5) is 0 Å². The quantitative estimate of drug-likeness (QED) is 0.922. The van der Waals surface area contributed by atoms with E-state index in [1.54, 1.807) is 17.5 Å². The average Bonchev–Trinajstić information content (AvgIpc) is 2.92. The molecule has 2 aromatic rings. The van der Waals surface area contributed by atoms with Crippen LogP contribution in [0.15, 0.2) is 34.2 Å². The zero-order valence-corrected chi connectivity index (χ0v) is 13.2. The monoisotopic (exact) mass is 338 g/mol. The predicted molar refractivity (Wildman–Crippen MR) is 81.7 cm³/mol. The highest BCUT2D eigenvalue weighted by Crippen LogP contribution is 2.19. The Balaban J connectivity index is 2.00. The van der Waals surface area contributed by atoms with Crippen LogP contribution >= 0.6 is 27.3 Å². The Morgan fingerprint density at radius 1 is 1.53 bits per heavy atom. The molecule has 1 heterocycles. The highest BCUT2D eigenvalue weighted by atomic mass is 79.9. The van der Waals surface area contributed by atoms with Crippen molar-refractivity contribution in [3.63, 3.8) is 0 Å². The van der Waals surface area contributed by atoms with E-state index in [0.29, 0.717) is 12.1 Å². The van der Waals surface area contributed by atoms with Crippen molar-refractivity contribution in [1.29, 1.82) is 0 Å². The van der Waals surface area contributed by atoms with Gasteiger partial charge in [0.15, 0.2) is 0 Å². The minimum atomic E-state index is -0.0565. The van der Waals surface area contributed by atoms with Crippen LogP contribution < -0.4 is 5.32 Å². The minimum absolute atomic E-state index is 0.0565. The molecule has 1 aromatic carbocycles. The molecule has 5 heteroatoms. The third-order valence-corrected chi connectivity index (χ3v) is 4.51. The maximum absolute atomic E-state index is 12.1. The molecular weight excluding hydrogens is 324 g/mol. The largest absolute Gasteiger partial charge is 0.351 e. The van der Waals surface area contributed by atoms with Gasteiger partial charge in [0.1, 0.15) is 0 Å². The van der Waals surface area contributed by atoms with E-state index in [2.05, 4.69) is 33.2 Å². The molecule has 0 saturated heterocycles. The maximum Gasteiger partial charge on any atom is 0.252 e. The smallest absolute Gasteiger partial charge is 0.252 e. The zero-order valence-electron chi connectivity index (χ0n) is 10.8. The van der Waals surface area contributed by atoms with E-state index in [0.717, 1.165) is 15.0 Å². The molecular formula is C14H15BrN2OS. The lowest BCUT2D eigenvalue weighted by molar-refractivity contribution is 0.0951. The third kappa shape index (κ3) is 3.64. The van der Waals surface area contributed by atoms with E-state index in [1.807, 2.05) is 30.5 Å².